The number of nitrogens with zero attached hydrogens (tertiary/aromatic N) is 2. The molecule has 2 heterocycles. The van der Waals surface area contributed by atoms with Crippen molar-refractivity contribution in [3.8, 4) is 0 Å². The molecular formula is C16H17N3O2. The van der Waals surface area contributed by atoms with Crippen molar-refractivity contribution in [2.24, 2.45) is 0 Å². The fourth-order valence-electron chi connectivity index (χ4n) is 2.29. The molecular weight excluding hydrogens is 266 g/mol. The maximum absolute atomic E-state index is 11.8. The molecule has 0 radical (unpaired) electrons. The third kappa shape index (κ3) is 2.87. The number of fused-ring (bicyclic) bond motifs is 1. The number of para-hydroxylation sites is 1. The molecule has 2 aromatic heterocycles. The maximum atomic E-state index is 11.8. The molecule has 5 nitrogen and oxygen atoms in total. The molecule has 5 heteroatoms. The van der Waals surface area contributed by atoms with Crippen LogP contribution in [0.4, 0.5) is 0 Å². The fraction of sp³-hybridized carbons (Fsp3) is 0.250. The standard InChI is InChI=1S/C16H17N3O2/c1-2-17-9-12-7-8-13(21-12)11-19-15-6-4-3-5-14(15)16(20)10-18-19/h3-8,10,17H,2,9,11H2,1H3. The number of rotatable bonds is 5. The van der Waals surface area contributed by atoms with Crippen molar-refractivity contribution in [3.63, 3.8) is 0 Å². The number of hydrogen-bond acceptors (Lipinski definition) is 4. The molecule has 0 saturated carbocycles. The Kier molecular flexibility index (Phi) is 3.83. The minimum absolute atomic E-state index is 0.0610. The third-order valence-electron chi connectivity index (χ3n) is 3.33. The van der Waals surface area contributed by atoms with E-state index in [-0.39, 0.29) is 5.43 Å². The van der Waals surface area contributed by atoms with Gasteiger partial charge in [0.15, 0.2) is 0 Å². The van der Waals surface area contributed by atoms with Gasteiger partial charge in [-0.3, -0.25) is 9.48 Å². The highest BCUT2D eigenvalue weighted by Crippen LogP contribution is 2.13. The highest BCUT2D eigenvalue weighted by molar-refractivity contribution is 5.77. The number of aromatic nitrogens is 2. The maximum Gasteiger partial charge on any atom is 0.207 e. The topological polar surface area (TPSA) is 60.1 Å². The van der Waals surface area contributed by atoms with Crippen LogP contribution in [0.1, 0.15) is 18.4 Å². The second-order valence-corrected chi connectivity index (χ2v) is 4.83. The van der Waals surface area contributed by atoms with Crippen LogP contribution in [0.3, 0.4) is 0 Å². The van der Waals surface area contributed by atoms with E-state index in [9.17, 15) is 4.79 Å². The van der Waals surface area contributed by atoms with Crippen molar-refractivity contribution in [1.82, 2.24) is 15.1 Å². The molecule has 0 amide bonds. The first-order chi connectivity index (χ1) is 10.3. The van der Waals surface area contributed by atoms with Gasteiger partial charge >= 0.3 is 0 Å². The van der Waals surface area contributed by atoms with Gasteiger partial charge in [-0.1, -0.05) is 19.1 Å². The zero-order valence-corrected chi connectivity index (χ0v) is 11.9. The normalized spacial score (nSPS) is 11.1. The Morgan fingerprint density at radius 2 is 2.00 bits per heavy atom. The smallest absolute Gasteiger partial charge is 0.207 e. The molecule has 1 N–H and O–H groups in total. The van der Waals surface area contributed by atoms with Gasteiger partial charge in [0.2, 0.25) is 5.43 Å². The molecule has 0 spiro atoms. The summed E-state index contributed by atoms with van der Waals surface area (Å²) in [4.78, 5) is 11.8. The average molecular weight is 283 g/mol. The van der Waals surface area contributed by atoms with Crippen molar-refractivity contribution in [1.29, 1.82) is 0 Å². The molecule has 0 bridgehead atoms. The summed E-state index contributed by atoms with van der Waals surface area (Å²) in [6, 6.07) is 11.4. The van der Waals surface area contributed by atoms with E-state index in [2.05, 4.69) is 17.3 Å². The Bertz CT molecular complexity index is 804. The Hall–Kier alpha value is -2.40. The molecule has 0 aliphatic rings. The number of hydrogen-bond donors (Lipinski definition) is 1. The minimum Gasteiger partial charge on any atom is -0.463 e. The Labute approximate surface area is 122 Å². The summed E-state index contributed by atoms with van der Waals surface area (Å²) in [6.07, 6.45) is 1.35. The van der Waals surface area contributed by atoms with E-state index >= 15 is 0 Å². The summed E-state index contributed by atoms with van der Waals surface area (Å²) in [5.74, 6) is 1.72. The van der Waals surface area contributed by atoms with E-state index in [1.807, 2.05) is 36.4 Å². The van der Waals surface area contributed by atoms with E-state index in [1.165, 1.54) is 6.20 Å². The van der Waals surface area contributed by atoms with E-state index in [0.29, 0.717) is 11.9 Å². The lowest BCUT2D eigenvalue weighted by atomic mass is 10.2. The van der Waals surface area contributed by atoms with Crippen LogP contribution in [0.25, 0.3) is 10.9 Å². The Morgan fingerprint density at radius 3 is 2.86 bits per heavy atom. The van der Waals surface area contributed by atoms with Gasteiger partial charge in [-0.05, 0) is 30.8 Å². The molecule has 0 aliphatic heterocycles. The van der Waals surface area contributed by atoms with Crippen molar-refractivity contribution in [2.75, 3.05) is 6.54 Å². The molecule has 21 heavy (non-hydrogen) atoms. The minimum atomic E-state index is -0.0610. The zero-order valence-electron chi connectivity index (χ0n) is 11.9. The third-order valence-corrected chi connectivity index (χ3v) is 3.33. The molecule has 0 unspecified atom stereocenters. The monoisotopic (exact) mass is 283 g/mol. The summed E-state index contributed by atoms with van der Waals surface area (Å²) in [7, 11) is 0. The molecule has 108 valence electrons. The molecule has 0 aliphatic carbocycles. The van der Waals surface area contributed by atoms with Gasteiger partial charge in [-0.15, -0.1) is 0 Å². The van der Waals surface area contributed by atoms with Crippen LogP contribution in [0, 0.1) is 0 Å². The lowest BCUT2D eigenvalue weighted by molar-refractivity contribution is 0.434. The van der Waals surface area contributed by atoms with Gasteiger partial charge in [0.1, 0.15) is 11.5 Å². The first-order valence-corrected chi connectivity index (χ1v) is 7.01. The van der Waals surface area contributed by atoms with E-state index in [0.717, 1.165) is 30.1 Å². The Balaban J connectivity index is 1.90. The second-order valence-electron chi connectivity index (χ2n) is 4.83. The SMILES string of the molecule is CCNCc1ccc(Cn2ncc(=O)c3ccccc32)o1. The van der Waals surface area contributed by atoms with Crippen molar-refractivity contribution < 1.29 is 4.42 Å². The fourth-order valence-corrected chi connectivity index (χ4v) is 2.29. The average Bonchev–Trinajstić information content (AvgIpc) is 2.96. The van der Waals surface area contributed by atoms with Crippen LogP contribution in [0.2, 0.25) is 0 Å². The van der Waals surface area contributed by atoms with Gasteiger partial charge in [-0.25, -0.2) is 0 Å². The van der Waals surface area contributed by atoms with Gasteiger partial charge in [0, 0.05) is 5.39 Å². The van der Waals surface area contributed by atoms with E-state index in [1.54, 1.807) is 4.68 Å². The highest BCUT2D eigenvalue weighted by atomic mass is 16.3. The highest BCUT2D eigenvalue weighted by Gasteiger charge is 2.07. The molecule has 3 rings (SSSR count). The summed E-state index contributed by atoms with van der Waals surface area (Å²) in [6.45, 7) is 4.18. The molecule has 0 saturated heterocycles. The lowest BCUT2D eigenvalue weighted by Crippen LogP contribution is -2.12. The van der Waals surface area contributed by atoms with Crippen LogP contribution >= 0.6 is 0 Å². The molecule has 0 fully saturated rings. The molecule has 0 atom stereocenters. The number of furan rings is 1. The Morgan fingerprint density at radius 1 is 1.19 bits per heavy atom. The summed E-state index contributed by atoms with van der Waals surface area (Å²) in [5.41, 5.74) is 0.753. The van der Waals surface area contributed by atoms with Crippen molar-refractivity contribution in [2.45, 2.75) is 20.0 Å². The quantitative estimate of drug-likeness (QED) is 0.779. The van der Waals surface area contributed by atoms with Gasteiger partial charge in [-0.2, -0.15) is 5.10 Å². The van der Waals surface area contributed by atoms with Gasteiger partial charge in [0.25, 0.3) is 0 Å². The lowest BCUT2D eigenvalue weighted by Gasteiger charge is -2.07. The van der Waals surface area contributed by atoms with Gasteiger partial charge < -0.3 is 9.73 Å². The molecule has 3 aromatic rings. The first kappa shape index (κ1) is 13.6. The second kappa shape index (κ2) is 5.93. The van der Waals surface area contributed by atoms with Crippen molar-refractivity contribution in [3.05, 3.63) is 64.3 Å². The number of benzene rings is 1. The van der Waals surface area contributed by atoms with Crippen LogP contribution in [0.15, 0.2) is 51.8 Å². The predicted molar refractivity (Wildman–Crippen MR) is 81.2 cm³/mol. The van der Waals surface area contributed by atoms with Crippen LogP contribution < -0.4 is 10.7 Å². The zero-order chi connectivity index (χ0) is 14.7. The summed E-state index contributed by atoms with van der Waals surface area (Å²) in [5, 5.41) is 8.10. The van der Waals surface area contributed by atoms with Crippen LogP contribution in [-0.4, -0.2) is 16.3 Å². The molecule has 1 aromatic carbocycles. The first-order valence-electron chi connectivity index (χ1n) is 7.01. The van der Waals surface area contributed by atoms with Crippen LogP contribution in [0.5, 0.6) is 0 Å². The van der Waals surface area contributed by atoms with E-state index in [4.69, 9.17) is 4.42 Å². The van der Waals surface area contributed by atoms with Crippen LogP contribution in [-0.2, 0) is 13.1 Å². The van der Waals surface area contributed by atoms with Gasteiger partial charge in [0.05, 0.1) is 24.8 Å². The van der Waals surface area contributed by atoms with E-state index < -0.39 is 0 Å². The predicted octanol–water partition coefficient (Wildman–Crippen LogP) is 2.15. The largest absolute Gasteiger partial charge is 0.463 e. The van der Waals surface area contributed by atoms with Crippen molar-refractivity contribution >= 4 is 10.9 Å². The number of nitrogens with one attached hydrogen (secondary N) is 1. The summed E-state index contributed by atoms with van der Waals surface area (Å²) >= 11 is 0. The summed E-state index contributed by atoms with van der Waals surface area (Å²) < 4.78 is 7.55.